The molecule has 7 nitrogen and oxygen atoms in total. The molecule has 0 radical (unpaired) electrons. The quantitative estimate of drug-likeness (QED) is 0.371. The summed E-state index contributed by atoms with van der Waals surface area (Å²) < 4.78 is 42.2. The van der Waals surface area contributed by atoms with Gasteiger partial charge < -0.3 is 11.1 Å². The van der Waals surface area contributed by atoms with Gasteiger partial charge in [-0.05, 0) is 24.1 Å². The van der Waals surface area contributed by atoms with Crippen molar-refractivity contribution >= 4 is 50.7 Å². The van der Waals surface area contributed by atoms with Crippen molar-refractivity contribution in [1.82, 2.24) is 14.8 Å². The predicted octanol–water partition coefficient (Wildman–Crippen LogP) is 5.27. The zero-order valence-electron chi connectivity index (χ0n) is 17.6. The number of aryl methyl sites for hydroxylation is 2. The van der Waals surface area contributed by atoms with Gasteiger partial charge in [0.25, 0.3) is 5.91 Å². The number of anilines is 1. The Kier molecular flexibility index (Phi) is 6.32. The molecular weight excluding hydrogens is 491 g/mol. The number of alkyl halides is 3. The number of benzene rings is 1. The molecule has 0 fully saturated rings. The maximum Gasteiger partial charge on any atom is 0.433 e. The number of carbonyl (C=O) groups is 2. The first-order chi connectivity index (χ1) is 16.0. The highest BCUT2D eigenvalue weighted by Gasteiger charge is 2.35. The normalized spacial score (nSPS) is 11.7. The van der Waals surface area contributed by atoms with Gasteiger partial charge in [-0.1, -0.05) is 41.4 Å². The number of nitrogens with one attached hydrogen (secondary N) is 1. The van der Waals surface area contributed by atoms with E-state index in [1.54, 1.807) is 30.5 Å². The first kappa shape index (κ1) is 23.7. The summed E-state index contributed by atoms with van der Waals surface area (Å²) in [5.74, 6) is -1.37. The molecule has 0 unspecified atom stereocenters. The molecule has 34 heavy (non-hydrogen) atoms. The van der Waals surface area contributed by atoms with Gasteiger partial charge in [-0.3, -0.25) is 14.3 Å². The molecule has 12 heteroatoms. The van der Waals surface area contributed by atoms with E-state index in [0.29, 0.717) is 21.9 Å². The summed E-state index contributed by atoms with van der Waals surface area (Å²) in [5, 5.41) is 7.26. The van der Waals surface area contributed by atoms with E-state index in [-0.39, 0.29) is 39.3 Å². The van der Waals surface area contributed by atoms with E-state index >= 15 is 0 Å². The summed E-state index contributed by atoms with van der Waals surface area (Å²) >= 11 is 6.52. The molecule has 3 N–H and O–H groups in total. The molecule has 0 saturated heterocycles. The molecule has 2 amide bonds. The van der Waals surface area contributed by atoms with E-state index in [2.05, 4.69) is 15.4 Å². The van der Waals surface area contributed by atoms with E-state index in [4.69, 9.17) is 17.3 Å². The van der Waals surface area contributed by atoms with Crippen LogP contribution in [0.4, 0.5) is 18.9 Å². The van der Waals surface area contributed by atoms with Crippen LogP contribution < -0.4 is 11.1 Å². The van der Waals surface area contributed by atoms with Crippen LogP contribution in [0.1, 0.15) is 27.3 Å². The van der Waals surface area contributed by atoms with Crippen molar-refractivity contribution in [2.75, 3.05) is 5.32 Å². The lowest BCUT2D eigenvalue weighted by molar-refractivity contribution is -0.140. The Hall–Kier alpha value is -3.44. The molecule has 4 rings (SSSR count). The minimum absolute atomic E-state index is 0.0263. The van der Waals surface area contributed by atoms with Crippen LogP contribution in [-0.4, -0.2) is 26.6 Å². The SMILES string of the molecule is Cc1ccc(-c2cc(C(F)(F)F)nc3sc(C(N)=O)c(NC(=O)CCn4cc(Cl)cn4)c23)cc1. The summed E-state index contributed by atoms with van der Waals surface area (Å²) in [6.07, 6.45) is -1.77. The average molecular weight is 508 g/mol. The van der Waals surface area contributed by atoms with Gasteiger partial charge in [-0.25, -0.2) is 4.98 Å². The summed E-state index contributed by atoms with van der Waals surface area (Å²) in [4.78, 5) is 28.4. The molecule has 0 aliphatic carbocycles. The lowest BCUT2D eigenvalue weighted by atomic mass is 10.00. The topological polar surface area (TPSA) is 103 Å². The zero-order chi connectivity index (χ0) is 24.6. The number of carbonyl (C=O) groups excluding carboxylic acids is 2. The van der Waals surface area contributed by atoms with Crippen molar-refractivity contribution in [2.24, 2.45) is 5.73 Å². The number of primary amides is 1. The van der Waals surface area contributed by atoms with Crippen LogP contribution in [0.2, 0.25) is 5.02 Å². The Bertz CT molecular complexity index is 1400. The van der Waals surface area contributed by atoms with Gasteiger partial charge in [0.2, 0.25) is 5.91 Å². The number of pyridine rings is 1. The van der Waals surface area contributed by atoms with Crippen molar-refractivity contribution in [1.29, 1.82) is 0 Å². The number of fused-ring (bicyclic) bond motifs is 1. The molecule has 1 aromatic carbocycles. The van der Waals surface area contributed by atoms with Gasteiger partial charge in [0.1, 0.15) is 15.4 Å². The molecule has 0 spiro atoms. The van der Waals surface area contributed by atoms with Gasteiger partial charge in [-0.2, -0.15) is 18.3 Å². The molecule has 0 atom stereocenters. The van der Waals surface area contributed by atoms with Crippen molar-refractivity contribution < 1.29 is 22.8 Å². The van der Waals surface area contributed by atoms with Crippen LogP contribution in [0.25, 0.3) is 21.3 Å². The third kappa shape index (κ3) is 4.90. The summed E-state index contributed by atoms with van der Waals surface area (Å²) in [6, 6.07) is 7.75. The van der Waals surface area contributed by atoms with Crippen LogP contribution in [0.15, 0.2) is 42.7 Å². The van der Waals surface area contributed by atoms with E-state index in [0.717, 1.165) is 11.6 Å². The third-order valence-corrected chi connectivity index (χ3v) is 6.27. The fourth-order valence-electron chi connectivity index (χ4n) is 3.38. The highest BCUT2D eigenvalue weighted by molar-refractivity contribution is 7.21. The van der Waals surface area contributed by atoms with E-state index in [1.165, 1.54) is 10.9 Å². The molecule has 0 aliphatic heterocycles. The maximum atomic E-state index is 13.6. The summed E-state index contributed by atoms with van der Waals surface area (Å²) in [7, 11) is 0. The first-order valence-electron chi connectivity index (χ1n) is 9.92. The Labute approximate surface area is 200 Å². The molecule has 0 bridgehead atoms. The minimum atomic E-state index is -4.71. The van der Waals surface area contributed by atoms with Crippen LogP contribution in [0.5, 0.6) is 0 Å². The van der Waals surface area contributed by atoms with Crippen molar-refractivity contribution in [3.05, 3.63) is 63.9 Å². The fraction of sp³-hybridized carbons (Fsp3) is 0.182. The van der Waals surface area contributed by atoms with Crippen LogP contribution >= 0.6 is 22.9 Å². The van der Waals surface area contributed by atoms with Gasteiger partial charge in [-0.15, -0.1) is 11.3 Å². The van der Waals surface area contributed by atoms with Gasteiger partial charge >= 0.3 is 6.18 Å². The monoisotopic (exact) mass is 507 g/mol. The van der Waals surface area contributed by atoms with Gasteiger partial charge in [0.05, 0.1) is 16.9 Å². The highest BCUT2D eigenvalue weighted by Crippen LogP contribution is 2.43. The number of thiophene rings is 1. The van der Waals surface area contributed by atoms with Crippen molar-refractivity contribution in [2.45, 2.75) is 26.1 Å². The number of nitrogens with two attached hydrogens (primary N) is 1. The minimum Gasteiger partial charge on any atom is -0.365 e. The Morgan fingerprint density at radius 2 is 1.94 bits per heavy atom. The molecule has 3 heterocycles. The van der Waals surface area contributed by atoms with E-state index in [9.17, 15) is 22.8 Å². The number of halogens is 4. The number of hydrogen-bond acceptors (Lipinski definition) is 5. The Morgan fingerprint density at radius 3 is 2.53 bits per heavy atom. The Morgan fingerprint density at radius 1 is 1.24 bits per heavy atom. The fourth-order valence-corrected chi connectivity index (χ4v) is 4.54. The van der Waals surface area contributed by atoms with Crippen molar-refractivity contribution in [3.8, 4) is 11.1 Å². The standard InChI is InChI=1S/C22H17ClF3N5O2S/c1-11-2-4-12(5-3-11)14-8-15(22(24,25)26)29-21-17(14)18(19(34-21)20(27)33)30-16(32)6-7-31-10-13(23)9-28-31/h2-5,8-10H,6-7H2,1H3,(H2,27,33)(H,30,32). The molecule has 0 aliphatic rings. The first-order valence-corrected chi connectivity index (χ1v) is 11.1. The van der Waals surface area contributed by atoms with E-state index in [1.807, 2.05) is 6.92 Å². The Balaban J connectivity index is 1.82. The zero-order valence-corrected chi connectivity index (χ0v) is 19.2. The number of rotatable bonds is 6. The van der Waals surface area contributed by atoms with Crippen LogP contribution in [0.3, 0.4) is 0 Å². The molecule has 4 aromatic rings. The van der Waals surface area contributed by atoms with Gasteiger partial charge in [0, 0.05) is 24.5 Å². The second kappa shape index (κ2) is 9.07. The molecule has 0 saturated carbocycles. The lowest BCUT2D eigenvalue weighted by Gasteiger charge is -2.13. The number of hydrogen-bond donors (Lipinski definition) is 2. The van der Waals surface area contributed by atoms with Crippen LogP contribution in [0, 0.1) is 6.92 Å². The maximum absolute atomic E-state index is 13.6. The smallest absolute Gasteiger partial charge is 0.365 e. The summed E-state index contributed by atoms with van der Waals surface area (Å²) in [5.41, 5.74) is 5.99. The highest BCUT2D eigenvalue weighted by atomic mass is 35.5. The second-order valence-electron chi connectivity index (χ2n) is 7.49. The third-order valence-electron chi connectivity index (χ3n) is 4.97. The average Bonchev–Trinajstić information content (AvgIpc) is 3.35. The molecule has 3 aromatic heterocycles. The van der Waals surface area contributed by atoms with Crippen molar-refractivity contribution in [3.63, 3.8) is 0 Å². The van der Waals surface area contributed by atoms with E-state index < -0.39 is 23.7 Å². The lowest BCUT2D eigenvalue weighted by Crippen LogP contribution is -2.18. The predicted molar refractivity (Wildman–Crippen MR) is 124 cm³/mol. The molecule has 176 valence electrons. The summed E-state index contributed by atoms with van der Waals surface area (Å²) in [6.45, 7) is 2.05. The largest absolute Gasteiger partial charge is 0.433 e. The van der Waals surface area contributed by atoms with Crippen LogP contribution in [-0.2, 0) is 17.5 Å². The molecular formula is C22H17ClF3N5O2S. The number of amides is 2. The second-order valence-corrected chi connectivity index (χ2v) is 8.92. The number of aromatic nitrogens is 3. The number of nitrogens with zero attached hydrogens (tertiary/aromatic N) is 3. The van der Waals surface area contributed by atoms with Gasteiger partial charge in [0.15, 0.2) is 0 Å².